The summed E-state index contributed by atoms with van der Waals surface area (Å²) in [6, 6.07) is 10.0. The van der Waals surface area contributed by atoms with Gasteiger partial charge in [0.2, 0.25) is 5.43 Å². The summed E-state index contributed by atoms with van der Waals surface area (Å²) in [7, 11) is 0. The van der Waals surface area contributed by atoms with Crippen LogP contribution in [0.1, 0.15) is 43.9 Å². The van der Waals surface area contributed by atoms with Crippen LogP contribution >= 0.6 is 0 Å². The second-order valence-electron chi connectivity index (χ2n) is 6.67. The monoisotopic (exact) mass is 372 g/mol. The number of carbonyl (C=O) groups excluding carboxylic acids is 1. The maximum absolute atomic E-state index is 12.2. The van der Waals surface area contributed by atoms with Gasteiger partial charge in [-0.25, -0.2) is 0 Å². The van der Waals surface area contributed by atoms with Gasteiger partial charge >= 0.3 is 5.97 Å². The lowest BCUT2D eigenvalue weighted by atomic mass is 10.1. The number of nitrogens with zero attached hydrogens (tertiary/aromatic N) is 1. The van der Waals surface area contributed by atoms with Crippen molar-refractivity contribution in [2.45, 2.75) is 58.2 Å². The Morgan fingerprint density at radius 3 is 2.67 bits per heavy atom. The van der Waals surface area contributed by atoms with Crippen molar-refractivity contribution in [2.24, 2.45) is 5.73 Å². The number of pyridine rings is 1. The van der Waals surface area contributed by atoms with E-state index in [2.05, 4.69) is 6.92 Å². The Bertz CT molecular complexity index is 787. The number of nitrogens with two attached hydrogens (primary N) is 1. The molecule has 0 aliphatic heterocycles. The molecular weight excluding hydrogens is 344 g/mol. The Hall–Kier alpha value is -2.60. The van der Waals surface area contributed by atoms with Gasteiger partial charge in [0.15, 0.2) is 5.75 Å². The number of carbonyl (C=O) groups is 1. The molecule has 0 amide bonds. The minimum Gasteiger partial charge on any atom is -0.503 e. The van der Waals surface area contributed by atoms with E-state index in [-0.39, 0.29) is 12.4 Å². The van der Waals surface area contributed by atoms with E-state index >= 15 is 0 Å². The zero-order valence-corrected chi connectivity index (χ0v) is 15.8. The first-order chi connectivity index (χ1) is 13.0. The van der Waals surface area contributed by atoms with E-state index in [1.54, 1.807) is 4.57 Å². The van der Waals surface area contributed by atoms with E-state index in [0.29, 0.717) is 18.7 Å². The highest BCUT2D eigenvalue weighted by molar-refractivity contribution is 5.75. The molecule has 27 heavy (non-hydrogen) atoms. The highest BCUT2D eigenvalue weighted by Gasteiger charge is 2.17. The van der Waals surface area contributed by atoms with Crippen LogP contribution in [0.3, 0.4) is 0 Å². The first-order valence-corrected chi connectivity index (χ1v) is 9.39. The van der Waals surface area contributed by atoms with E-state index in [9.17, 15) is 14.7 Å². The number of rotatable bonds is 10. The Kier molecular flexibility index (Phi) is 8.07. The number of aromatic hydroxyl groups is 1. The molecule has 0 spiro atoms. The van der Waals surface area contributed by atoms with E-state index < -0.39 is 17.4 Å². The Morgan fingerprint density at radius 2 is 1.96 bits per heavy atom. The highest BCUT2D eigenvalue weighted by Crippen LogP contribution is 2.11. The van der Waals surface area contributed by atoms with E-state index in [4.69, 9.17) is 10.5 Å². The minimum atomic E-state index is -0.769. The molecule has 0 aliphatic rings. The molecular formula is C21H28N2O4. The largest absolute Gasteiger partial charge is 0.503 e. The van der Waals surface area contributed by atoms with E-state index in [0.717, 1.165) is 31.2 Å². The molecule has 1 heterocycles. The number of hydrogen-bond donors (Lipinski definition) is 2. The molecule has 0 fully saturated rings. The first-order valence-electron chi connectivity index (χ1n) is 9.39. The van der Waals surface area contributed by atoms with Gasteiger partial charge in [-0.2, -0.15) is 0 Å². The zero-order chi connectivity index (χ0) is 19.6. The molecule has 0 radical (unpaired) electrons. The summed E-state index contributed by atoms with van der Waals surface area (Å²) in [5, 5.41) is 9.70. The fraction of sp³-hybridized carbons (Fsp3) is 0.429. The third kappa shape index (κ3) is 6.57. The number of benzene rings is 1. The molecule has 0 saturated carbocycles. The number of unbranched alkanes of at least 4 members (excludes halogenated alkanes) is 3. The van der Waals surface area contributed by atoms with Crippen LogP contribution in [-0.2, 0) is 29.1 Å². The van der Waals surface area contributed by atoms with Crippen LogP contribution in [0.4, 0.5) is 0 Å². The molecule has 1 aromatic heterocycles. The molecule has 0 unspecified atom stereocenters. The van der Waals surface area contributed by atoms with Gasteiger partial charge in [0.05, 0.1) is 11.9 Å². The van der Waals surface area contributed by atoms with Crippen molar-refractivity contribution in [3.05, 3.63) is 64.1 Å². The van der Waals surface area contributed by atoms with E-state index in [1.165, 1.54) is 12.3 Å². The maximum Gasteiger partial charge on any atom is 0.323 e. The van der Waals surface area contributed by atoms with E-state index in [1.807, 2.05) is 30.3 Å². The third-order valence-corrected chi connectivity index (χ3v) is 4.41. The van der Waals surface area contributed by atoms with Gasteiger partial charge in [-0.3, -0.25) is 9.59 Å². The van der Waals surface area contributed by atoms with Crippen LogP contribution in [0.5, 0.6) is 5.75 Å². The number of ether oxygens (including phenoxy) is 1. The number of aryl methyl sites for hydroxylation is 1. The standard InChI is InChI=1S/C21H28N2O4/c1-2-3-4-8-11-23-14-20(25)19(24)13-17(23)15-27-21(26)18(22)12-16-9-6-5-7-10-16/h5-7,9-10,13-14,18,25H,2-4,8,11-12,15,22H2,1H3/t18-/m0/s1. The van der Waals surface area contributed by atoms with Crippen LogP contribution in [0.25, 0.3) is 0 Å². The van der Waals surface area contributed by atoms with Crippen LogP contribution in [0.2, 0.25) is 0 Å². The van der Waals surface area contributed by atoms with Gasteiger partial charge in [-0.05, 0) is 18.4 Å². The molecule has 0 aliphatic carbocycles. The summed E-state index contributed by atoms with van der Waals surface area (Å²) in [4.78, 5) is 24.0. The third-order valence-electron chi connectivity index (χ3n) is 4.41. The summed E-state index contributed by atoms with van der Waals surface area (Å²) < 4.78 is 7.09. The van der Waals surface area contributed by atoms with Crippen molar-refractivity contribution in [1.82, 2.24) is 4.57 Å². The average Bonchev–Trinajstić information content (AvgIpc) is 2.67. The molecule has 2 aromatic rings. The predicted molar refractivity (Wildman–Crippen MR) is 104 cm³/mol. The van der Waals surface area contributed by atoms with Crippen molar-refractivity contribution in [1.29, 1.82) is 0 Å². The Balaban J connectivity index is 1.97. The van der Waals surface area contributed by atoms with Crippen LogP contribution in [0.15, 0.2) is 47.4 Å². The summed E-state index contributed by atoms with van der Waals surface area (Å²) in [5.41, 5.74) is 6.96. The lowest BCUT2D eigenvalue weighted by molar-refractivity contribution is -0.146. The van der Waals surface area contributed by atoms with Crippen molar-refractivity contribution >= 4 is 5.97 Å². The van der Waals surface area contributed by atoms with Crippen molar-refractivity contribution in [2.75, 3.05) is 0 Å². The molecule has 3 N–H and O–H groups in total. The molecule has 0 bridgehead atoms. The van der Waals surface area contributed by atoms with Crippen molar-refractivity contribution in [3.8, 4) is 5.75 Å². The fourth-order valence-electron chi connectivity index (χ4n) is 2.85. The molecule has 6 nitrogen and oxygen atoms in total. The number of hydrogen-bond acceptors (Lipinski definition) is 5. The summed E-state index contributed by atoms with van der Waals surface area (Å²) >= 11 is 0. The molecule has 1 aromatic carbocycles. The van der Waals surface area contributed by atoms with Gasteiger partial charge in [0.25, 0.3) is 0 Å². The van der Waals surface area contributed by atoms with Crippen LogP contribution < -0.4 is 11.2 Å². The topological polar surface area (TPSA) is 94.5 Å². The second-order valence-corrected chi connectivity index (χ2v) is 6.67. The van der Waals surface area contributed by atoms with Crippen molar-refractivity contribution in [3.63, 3.8) is 0 Å². The smallest absolute Gasteiger partial charge is 0.323 e. The lowest BCUT2D eigenvalue weighted by Gasteiger charge is -2.16. The SMILES string of the molecule is CCCCCCn1cc(O)c(=O)cc1COC(=O)[C@@H](N)Cc1ccccc1. The molecule has 2 rings (SSSR count). The predicted octanol–water partition coefficient (Wildman–Crippen LogP) is 2.75. The summed E-state index contributed by atoms with van der Waals surface area (Å²) in [6.45, 7) is 2.73. The normalized spacial score (nSPS) is 11.9. The molecule has 0 saturated heterocycles. The van der Waals surface area contributed by atoms with Crippen LogP contribution in [-0.4, -0.2) is 21.7 Å². The van der Waals surface area contributed by atoms with Gasteiger partial charge in [0, 0.05) is 12.6 Å². The van der Waals surface area contributed by atoms with Gasteiger partial charge < -0.3 is 20.1 Å². The Labute approximate surface area is 159 Å². The Morgan fingerprint density at radius 1 is 1.22 bits per heavy atom. The molecule has 146 valence electrons. The van der Waals surface area contributed by atoms with Crippen molar-refractivity contribution < 1.29 is 14.6 Å². The molecule has 1 atom stereocenters. The fourth-order valence-corrected chi connectivity index (χ4v) is 2.85. The lowest BCUT2D eigenvalue weighted by Crippen LogP contribution is -2.34. The highest BCUT2D eigenvalue weighted by atomic mass is 16.5. The minimum absolute atomic E-state index is 0.0510. The second kappa shape index (κ2) is 10.5. The quantitative estimate of drug-likeness (QED) is 0.494. The van der Waals surface area contributed by atoms with Crippen LogP contribution in [0, 0.1) is 0 Å². The van der Waals surface area contributed by atoms with Gasteiger partial charge in [0.1, 0.15) is 12.6 Å². The summed E-state index contributed by atoms with van der Waals surface area (Å²) in [5.74, 6) is -0.821. The first kappa shape index (κ1) is 20.7. The molecule has 6 heteroatoms. The van der Waals surface area contributed by atoms with Gasteiger partial charge in [-0.1, -0.05) is 56.5 Å². The number of aromatic nitrogens is 1. The zero-order valence-electron chi connectivity index (χ0n) is 15.8. The van der Waals surface area contributed by atoms with Gasteiger partial charge in [-0.15, -0.1) is 0 Å². The number of esters is 1. The average molecular weight is 372 g/mol. The summed E-state index contributed by atoms with van der Waals surface area (Å²) in [6.07, 6.45) is 6.03. The maximum atomic E-state index is 12.2.